The van der Waals surface area contributed by atoms with Crippen molar-refractivity contribution in [2.75, 3.05) is 7.11 Å². The molecule has 0 aliphatic heterocycles. The van der Waals surface area contributed by atoms with Gasteiger partial charge in [-0.25, -0.2) is 8.78 Å². The smallest absolute Gasteiger partial charge is 0.406 e. The molecule has 0 atom stereocenters. The second kappa shape index (κ2) is 5.16. The van der Waals surface area contributed by atoms with Crippen molar-refractivity contribution in [2.45, 2.75) is 12.8 Å². The highest BCUT2D eigenvalue weighted by Crippen LogP contribution is 2.37. The molecule has 0 spiro atoms. The maximum Gasteiger partial charge on any atom is 0.406 e. The summed E-state index contributed by atoms with van der Waals surface area (Å²) in [5.41, 5.74) is -0.735. The van der Waals surface area contributed by atoms with E-state index in [9.17, 15) is 18.9 Å². The summed E-state index contributed by atoms with van der Waals surface area (Å²) in [6.45, 7) is 0. The molecule has 1 aromatic heterocycles. The van der Waals surface area contributed by atoms with Crippen LogP contribution in [0.4, 0.5) is 14.6 Å². The third kappa shape index (κ3) is 2.44. The van der Waals surface area contributed by atoms with Gasteiger partial charge in [0.05, 0.1) is 25.2 Å². The molecule has 0 aromatic carbocycles. The molecule has 0 fully saturated rings. The van der Waals surface area contributed by atoms with Crippen molar-refractivity contribution in [1.29, 1.82) is 5.26 Å². The lowest BCUT2D eigenvalue weighted by Crippen LogP contribution is -2.05. The molecule has 0 unspecified atom stereocenters. The summed E-state index contributed by atoms with van der Waals surface area (Å²) in [6, 6.07) is 1.68. The number of hydrogen-bond donors (Lipinski definition) is 0. The Bertz CT molecular complexity index is 485. The molecule has 0 amide bonds. The number of nitrogens with zero attached hydrogens (tertiary/aromatic N) is 3. The van der Waals surface area contributed by atoms with E-state index in [1.54, 1.807) is 6.07 Å². The van der Waals surface area contributed by atoms with E-state index in [0.29, 0.717) is 0 Å². The van der Waals surface area contributed by atoms with Gasteiger partial charge in [-0.2, -0.15) is 5.26 Å². The first-order chi connectivity index (χ1) is 8.02. The van der Waals surface area contributed by atoms with Crippen LogP contribution < -0.4 is 4.74 Å². The minimum atomic E-state index is -2.98. The van der Waals surface area contributed by atoms with Crippen molar-refractivity contribution >= 4 is 5.82 Å². The van der Waals surface area contributed by atoms with E-state index in [1.807, 2.05) is 0 Å². The summed E-state index contributed by atoms with van der Waals surface area (Å²) < 4.78 is 30.2. The molecule has 1 aromatic rings. The topological polar surface area (TPSA) is 89.1 Å². The van der Waals surface area contributed by atoms with Crippen molar-refractivity contribution in [1.82, 2.24) is 4.98 Å². The van der Waals surface area contributed by atoms with Crippen LogP contribution in [0.1, 0.15) is 17.6 Å². The predicted molar refractivity (Wildman–Crippen MR) is 51.7 cm³/mol. The van der Waals surface area contributed by atoms with E-state index in [0.717, 1.165) is 13.3 Å². The molecule has 1 rings (SSSR count). The average Bonchev–Trinajstić information content (AvgIpc) is 2.27. The summed E-state index contributed by atoms with van der Waals surface area (Å²) in [5.74, 6) is -1.39. The molecular weight excluding hydrogens is 236 g/mol. The van der Waals surface area contributed by atoms with E-state index in [1.165, 1.54) is 0 Å². The van der Waals surface area contributed by atoms with Gasteiger partial charge in [0, 0.05) is 5.56 Å². The maximum absolute atomic E-state index is 12.8. The van der Waals surface area contributed by atoms with Crippen LogP contribution in [0.2, 0.25) is 0 Å². The molecule has 0 radical (unpaired) electrons. The molecule has 0 saturated carbocycles. The minimum absolute atomic E-state index is 0.0787. The first kappa shape index (κ1) is 12.8. The molecule has 0 aliphatic carbocycles. The van der Waals surface area contributed by atoms with Gasteiger partial charge in [0.2, 0.25) is 5.75 Å². The summed E-state index contributed by atoms with van der Waals surface area (Å²) >= 11 is 0. The third-order valence-electron chi connectivity index (χ3n) is 2.00. The lowest BCUT2D eigenvalue weighted by atomic mass is 10.1. The molecule has 0 bridgehead atoms. The van der Waals surface area contributed by atoms with E-state index in [-0.39, 0.29) is 12.0 Å². The van der Waals surface area contributed by atoms with Crippen LogP contribution in [0.15, 0.2) is 6.20 Å². The van der Waals surface area contributed by atoms with Crippen molar-refractivity contribution in [2.24, 2.45) is 0 Å². The van der Waals surface area contributed by atoms with Crippen LogP contribution in [0, 0.1) is 21.4 Å². The molecule has 0 N–H and O–H groups in total. The summed E-state index contributed by atoms with van der Waals surface area (Å²) in [7, 11) is 1.03. The maximum atomic E-state index is 12.8. The highest BCUT2D eigenvalue weighted by Gasteiger charge is 2.29. The van der Waals surface area contributed by atoms with Crippen LogP contribution in [0.5, 0.6) is 5.75 Å². The highest BCUT2D eigenvalue weighted by atomic mass is 19.3. The van der Waals surface area contributed by atoms with Gasteiger partial charge in [-0.1, -0.05) is 0 Å². The number of alkyl halides is 2. The van der Waals surface area contributed by atoms with E-state index in [4.69, 9.17) is 5.26 Å². The van der Waals surface area contributed by atoms with Gasteiger partial charge < -0.3 is 14.9 Å². The average molecular weight is 243 g/mol. The molecule has 17 heavy (non-hydrogen) atoms. The first-order valence-corrected chi connectivity index (χ1v) is 4.38. The normalized spacial score (nSPS) is 10.1. The van der Waals surface area contributed by atoms with Crippen molar-refractivity contribution in [3.05, 3.63) is 27.4 Å². The van der Waals surface area contributed by atoms with Gasteiger partial charge in [-0.15, -0.1) is 0 Å². The van der Waals surface area contributed by atoms with Crippen LogP contribution in [0.3, 0.4) is 0 Å². The Morgan fingerprint density at radius 1 is 1.71 bits per heavy atom. The molecule has 90 valence electrons. The largest absolute Gasteiger partial charge is 0.489 e. The highest BCUT2D eigenvalue weighted by molar-refractivity contribution is 5.51. The number of aromatic nitrogens is 1. The number of rotatable bonds is 4. The predicted octanol–water partition coefficient (Wildman–Crippen LogP) is 2.00. The fourth-order valence-electron chi connectivity index (χ4n) is 1.33. The van der Waals surface area contributed by atoms with E-state index >= 15 is 0 Å². The quantitative estimate of drug-likeness (QED) is 0.596. The second-order valence-electron chi connectivity index (χ2n) is 2.95. The zero-order valence-corrected chi connectivity index (χ0v) is 8.68. The molecule has 6 nitrogen and oxygen atoms in total. The number of methoxy groups -OCH3 is 1. The second-order valence-corrected chi connectivity index (χ2v) is 2.95. The molecule has 1 heterocycles. The lowest BCUT2D eigenvalue weighted by Gasteiger charge is -2.09. The number of nitriles is 1. The zero-order chi connectivity index (χ0) is 13.0. The first-order valence-electron chi connectivity index (χ1n) is 4.38. The fourth-order valence-corrected chi connectivity index (χ4v) is 1.33. The molecule has 0 saturated heterocycles. The van der Waals surface area contributed by atoms with Crippen molar-refractivity contribution < 1.29 is 18.4 Å². The third-order valence-corrected chi connectivity index (χ3v) is 2.00. The Hall–Kier alpha value is -2.30. The Morgan fingerprint density at radius 2 is 2.35 bits per heavy atom. The van der Waals surface area contributed by atoms with Gasteiger partial charge in [0.15, 0.2) is 0 Å². The summed E-state index contributed by atoms with van der Waals surface area (Å²) in [6.07, 6.45) is -2.40. The van der Waals surface area contributed by atoms with Crippen molar-refractivity contribution in [3.8, 4) is 11.8 Å². The monoisotopic (exact) mass is 243 g/mol. The van der Waals surface area contributed by atoms with Crippen LogP contribution in [-0.2, 0) is 6.42 Å². The van der Waals surface area contributed by atoms with Crippen molar-refractivity contribution in [3.63, 3.8) is 0 Å². The van der Waals surface area contributed by atoms with Gasteiger partial charge in [0.25, 0.3) is 6.43 Å². The standard InChI is InChI=1S/C9H7F2N3O3/c1-17-7-6(8(10)11)5(2-3-12)4-13-9(7)14(15)16/h4,8H,2H2,1H3. The lowest BCUT2D eigenvalue weighted by molar-refractivity contribution is -0.390. The zero-order valence-electron chi connectivity index (χ0n) is 8.68. The molecular formula is C9H7F2N3O3. The van der Waals surface area contributed by atoms with Crippen LogP contribution in [0.25, 0.3) is 0 Å². The van der Waals surface area contributed by atoms with Gasteiger partial charge in [-0.05, 0) is 9.91 Å². The number of halogens is 2. The van der Waals surface area contributed by atoms with Crippen LogP contribution in [-0.4, -0.2) is 17.0 Å². The Labute approximate surface area is 94.6 Å². The van der Waals surface area contributed by atoms with E-state index < -0.39 is 28.5 Å². The van der Waals surface area contributed by atoms with Gasteiger partial charge >= 0.3 is 5.82 Å². The Morgan fingerprint density at radius 3 is 2.76 bits per heavy atom. The molecule has 8 heteroatoms. The number of pyridine rings is 1. The van der Waals surface area contributed by atoms with Crippen LogP contribution >= 0.6 is 0 Å². The van der Waals surface area contributed by atoms with Gasteiger partial charge in [-0.3, -0.25) is 0 Å². The summed E-state index contributed by atoms with van der Waals surface area (Å²) in [5, 5.41) is 19.0. The SMILES string of the molecule is COc1c([N+](=O)[O-])ncc(CC#N)c1C(F)F. The summed E-state index contributed by atoms with van der Waals surface area (Å²) in [4.78, 5) is 13.1. The van der Waals surface area contributed by atoms with Gasteiger partial charge in [0.1, 0.15) is 6.20 Å². The number of ether oxygens (including phenoxy) is 1. The fraction of sp³-hybridized carbons (Fsp3) is 0.333. The number of nitro groups is 1. The minimum Gasteiger partial charge on any atom is -0.489 e. The van der Waals surface area contributed by atoms with E-state index in [2.05, 4.69) is 9.72 Å². The molecule has 0 aliphatic rings. The Kier molecular flexibility index (Phi) is 3.87. The number of hydrogen-bond acceptors (Lipinski definition) is 5. The Balaban J connectivity index is 3.50.